The summed E-state index contributed by atoms with van der Waals surface area (Å²) in [6.45, 7) is 11.5. The van der Waals surface area contributed by atoms with Crippen LogP contribution in [0.2, 0.25) is 0 Å². The Morgan fingerprint density at radius 2 is 1.18 bits per heavy atom. The van der Waals surface area contributed by atoms with Gasteiger partial charge in [-0.05, 0) is 26.7 Å². The van der Waals surface area contributed by atoms with Gasteiger partial charge in [0.15, 0.2) is 0 Å². The van der Waals surface area contributed by atoms with Crippen molar-refractivity contribution in [3.05, 3.63) is 0 Å². The lowest BCUT2D eigenvalue weighted by atomic mass is 9.91. The summed E-state index contributed by atoms with van der Waals surface area (Å²) in [6, 6.07) is 0.719. The van der Waals surface area contributed by atoms with Crippen LogP contribution in [-0.2, 0) is 14.3 Å². The van der Waals surface area contributed by atoms with Crippen molar-refractivity contribution in [2.75, 3.05) is 52.6 Å². The fourth-order valence-electron chi connectivity index (χ4n) is 4.35. The van der Waals surface area contributed by atoms with Gasteiger partial charge in [0.1, 0.15) is 5.78 Å². The molecule has 0 radical (unpaired) electrons. The van der Waals surface area contributed by atoms with Crippen LogP contribution >= 0.6 is 0 Å². The Morgan fingerprint density at radius 3 is 1.55 bits per heavy atom. The van der Waals surface area contributed by atoms with E-state index in [1.807, 2.05) is 0 Å². The smallest absolute Gasteiger partial charge is 0.142 e. The van der Waals surface area contributed by atoms with E-state index < -0.39 is 0 Å². The lowest BCUT2D eigenvalue weighted by Gasteiger charge is -2.37. The van der Waals surface area contributed by atoms with E-state index in [1.54, 1.807) is 0 Å². The summed E-state index contributed by atoms with van der Waals surface area (Å²) in [7, 11) is 0. The second-order valence-electron chi connectivity index (χ2n) is 6.97. The van der Waals surface area contributed by atoms with Crippen LogP contribution in [0.25, 0.3) is 0 Å². The third-order valence-corrected chi connectivity index (χ3v) is 5.93. The van der Waals surface area contributed by atoms with Crippen LogP contribution in [0.4, 0.5) is 0 Å². The largest absolute Gasteiger partial charge is 0.379 e. The molecular formula is C17H30N2O3. The van der Waals surface area contributed by atoms with E-state index in [1.165, 1.54) is 0 Å². The van der Waals surface area contributed by atoms with Crippen LogP contribution in [0.5, 0.6) is 0 Å². The molecule has 3 rings (SSSR count). The van der Waals surface area contributed by atoms with Crippen molar-refractivity contribution in [2.45, 2.75) is 38.8 Å². The molecule has 0 aromatic heterocycles. The number of ketones is 1. The van der Waals surface area contributed by atoms with Gasteiger partial charge in [-0.15, -0.1) is 0 Å². The van der Waals surface area contributed by atoms with E-state index in [4.69, 9.17) is 9.47 Å². The molecule has 0 aromatic rings. The van der Waals surface area contributed by atoms with Crippen LogP contribution in [0.1, 0.15) is 26.7 Å². The lowest BCUT2D eigenvalue weighted by Crippen LogP contribution is -2.49. The first-order chi connectivity index (χ1) is 10.7. The van der Waals surface area contributed by atoms with Gasteiger partial charge in [0.25, 0.3) is 0 Å². The molecule has 1 saturated carbocycles. The summed E-state index contributed by atoms with van der Waals surface area (Å²) in [5.41, 5.74) is 0. The monoisotopic (exact) mass is 310 g/mol. The first-order valence-electron chi connectivity index (χ1n) is 8.86. The van der Waals surface area contributed by atoms with Crippen LogP contribution in [-0.4, -0.2) is 80.3 Å². The highest BCUT2D eigenvalue weighted by Crippen LogP contribution is 2.35. The molecule has 0 bridgehead atoms. The molecule has 2 heterocycles. The summed E-state index contributed by atoms with van der Waals surface area (Å²) < 4.78 is 10.9. The number of rotatable bonds is 4. The number of ether oxygens (including phenoxy) is 2. The molecule has 5 heteroatoms. The van der Waals surface area contributed by atoms with Crippen LogP contribution < -0.4 is 0 Å². The molecule has 3 fully saturated rings. The molecule has 3 aliphatic rings. The van der Waals surface area contributed by atoms with Gasteiger partial charge in [0.05, 0.1) is 26.4 Å². The number of carbonyl (C=O) groups is 1. The quantitative estimate of drug-likeness (QED) is 0.776. The van der Waals surface area contributed by atoms with Crippen molar-refractivity contribution in [3.63, 3.8) is 0 Å². The van der Waals surface area contributed by atoms with E-state index in [9.17, 15) is 4.79 Å². The molecule has 0 spiro atoms. The van der Waals surface area contributed by atoms with E-state index in [-0.39, 0.29) is 11.8 Å². The van der Waals surface area contributed by atoms with Crippen molar-refractivity contribution in [1.82, 2.24) is 9.80 Å². The standard InChI is InChI=1S/C17H30N2O3/c1-13(18-5-9-21-10-6-18)15-3-4-16(17(15)20)14(2)19-7-11-22-12-8-19/h13-16H,3-12H2,1-2H3. The molecule has 1 aliphatic carbocycles. The van der Waals surface area contributed by atoms with Gasteiger partial charge in [-0.3, -0.25) is 14.6 Å². The number of hydrogen-bond donors (Lipinski definition) is 0. The van der Waals surface area contributed by atoms with Crippen LogP contribution in [0, 0.1) is 11.8 Å². The zero-order valence-corrected chi connectivity index (χ0v) is 14.0. The molecule has 4 unspecified atom stereocenters. The van der Waals surface area contributed by atoms with Crippen molar-refractivity contribution >= 4 is 5.78 Å². The topological polar surface area (TPSA) is 42.0 Å². The fourth-order valence-corrected chi connectivity index (χ4v) is 4.35. The predicted octanol–water partition coefficient (Wildman–Crippen LogP) is 1.02. The molecule has 5 nitrogen and oxygen atoms in total. The van der Waals surface area contributed by atoms with E-state index in [0.29, 0.717) is 17.9 Å². The zero-order chi connectivity index (χ0) is 15.5. The lowest BCUT2D eigenvalue weighted by molar-refractivity contribution is -0.128. The first kappa shape index (κ1) is 16.4. The Balaban J connectivity index is 1.58. The third kappa shape index (κ3) is 3.37. The number of hydrogen-bond acceptors (Lipinski definition) is 5. The van der Waals surface area contributed by atoms with Gasteiger partial charge in [-0.25, -0.2) is 0 Å². The highest BCUT2D eigenvalue weighted by molar-refractivity contribution is 5.86. The molecule has 0 amide bonds. The Hall–Kier alpha value is -0.490. The summed E-state index contributed by atoms with van der Waals surface area (Å²) >= 11 is 0. The average molecular weight is 310 g/mol. The Kier molecular flexibility index (Phi) is 5.50. The highest BCUT2D eigenvalue weighted by Gasteiger charge is 2.43. The van der Waals surface area contributed by atoms with Gasteiger partial charge in [-0.2, -0.15) is 0 Å². The first-order valence-corrected chi connectivity index (χ1v) is 8.86. The number of carbonyl (C=O) groups excluding carboxylic acids is 1. The van der Waals surface area contributed by atoms with Crippen molar-refractivity contribution < 1.29 is 14.3 Å². The minimum Gasteiger partial charge on any atom is -0.379 e. The molecule has 0 aromatic carbocycles. The maximum absolute atomic E-state index is 13.0. The van der Waals surface area contributed by atoms with Crippen LogP contribution in [0.3, 0.4) is 0 Å². The molecule has 22 heavy (non-hydrogen) atoms. The molecule has 2 saturated heterocycles. The predicted molar refractivity (Wildman–Crippen MR) is 84.9 cm³/mol. The van der Waals surface area contributed by atoms with Crippen molar-refractivity contribution in [2.24, 2.45) is 11.8 Å². The second kappa shape index (κ2) is 7.39. The summed E-state index contributed by atoms with van der Waals surface area (Å²) in [5.74, 6) is 0.927. The maximum Gasteiger partial charge on any atom is 0.142 e. The Morgan fingerprint density at radius 1 is 0.818 bits per heavy atom. The summed E-state index contributed by atoms with van der Waals surface area (Å²) in [5, 5.41) is 0. The average Bonchev–Trinajstić information content (AvgIpc) is 2.96. The minimum atomic E-state index is 0.214. The van der Waals surface area contributed by atoms with Gasteiger partial charge in [0.2, 0.25) is 0 Å². The fraction of sp³-hybridized carbons (Fsp3) is 0.941. The van der Waals surface area contributed by atoms with Gasteiger partial charge in [-0.1, -0.05) is 0 Å². The van der Waals surface area contributed by atoms with Crippen molar-refractivity contribution in [1.29, 1.82) is 0 Å². The molecule has 2 aliphatic heterocycles. The summed E-state index contributed by atoms with van der Waals surface area (Å²) in [6.07, 6.45) is 2.10. The number of morpholine rings is 2. The van der Waals surface area contributed by atoms with E-state index in [0.717, 1.165) is 65.4 Å². The molecular weight excluding hydrogens is 280 g/mol. The van der Waals surface area contributed by atoms with Gasteiger partial charge in [0, 0.05) is 50.1 Å². The third-order valence-electron chi connectivity index (χ3n) is 5.93. The molecule has 4 atom stereocenters. The highest BCUT2D eigenvalue weighted by atomic mass is 16.5. The minimum absolute atomic E-state index is 0.214. The molecule has 126 valence electrons. The summed E-state index contributed by atoms with van der Waals surface area (Å²) in [4.78, 5) is 17.8. The van der Waals surface area contributed by atoms with Gasteiger partial charge < -0.3 is 9.47 Å². The Bertz CT molecular complexity index is 344. The number of Topliss-reactive ketones (excluding diaryl/α,β-unsaturated/α-hetero) is 1. The van der Waals surface area contributed by atoms with Crippen LogP contribution in [0.15, 0.2) is 0 Å². The normalized spacial score (nSPS) is 34.7. The molecule has 0 N–H and O–H groups in total. The van der Waals surface area contributed by atoms with Gasteiger partial charge >= 0.3 is 0 Å². The maximum atomic E-state index is 13.0. The van der Waals surface area contributed by atoms with E-state index in [2.05, 4.69) is 23.6 Å². The zero-order valence-electron chi connectivity index (χ0n) is 14.0. The van der Waals surface area contributed by atoms with E-state index >= 15 is 0 Å². The SMILES string of the molecule is CC(C1CCC(C(C)N2CCOCC2)C1=O)N1CCOCC1. The van der Waals surface area contributed by atoms with Crippen molar-refractivity contribution in [3.8, 4) is 0 Å². The number of nitrogens with zero attached hydrogens (tertiary/aromatic N) is 2. The second-order valence-corrected chi connectivity index (χ2v) is 6.97. The Labute approximate surface area is 133 Å².